The number of methoxy groups -OCH3 is 1. The van der Waals surface area contributed by atoms with E-state index in [0.29, 0.717) is 17.0 Å². The van der Waals surface area contributed by atoms with Crippen molar-refractivity contribution in [2.45, 2.75) is 11.3 Å². The third kappa shape index (κ3) is 1.50. The molecular formula is C9H9NO4S. The molecule has 0 radical (unpaired) electrons. The summed E-state index contributed by atoms with van der Waals surface area (Å²) in [6.07, 6.45) is 0.699. The minimum atomic E-state index is -0.816. The van der Waals surface area contributed by atoms with E-state index in [1.807, 2.05) is 0 Å². The number of aryl methyl sites for hydroxylation is 1. The van der Waals surface area contributed by atoms with Gasteiger partial charge in [-0.05, 0) is 6.42 Å². The Morgan fingerprint density at radius 3 is 3.00 bits per heavy atom. The molecule has 6 heteroatoms. The van der Waals surface area contributed by atoms with Crippen LogP contribution in [0.4, 0.5) is 0 Å². The van der Waals surface area contributed by atoms with Crippen molar-refractivity contribution >= 4 is 17.7 Å². The molecule has 2 heterocycles. The number of nitrogens with one attached hydrogen (secondary N) is 1. The summed E-state index contributed by atoms with van der Waals surface area (Å²) in [7, 11) is 1.17. The molecule has 0 amide bonds. The molecule has 15 heavy (non-hydrogen) atoms. The van der Waals surface area contributed by atoms with Crippen molar-refractivity contribution in [1.29, 1.82) is 0 Å². The summed E-state index contributed by atoms with van der Waals surface area (Å²) in [6.45, 7) is 0. The second-order valence-electron chi connectivity index (χ2n) is 3.08. The number of fused-ring (bicyclic) bond motifs is 1. The van der Waals surface area contributed by atoms with Crippen LogP contribution in [0, 0.1) is 0 Å². The van der Waals surface area contributed by atoms with Crippen molar-refractivity contribution in [3.63, 3.8) is 0 Å². The first-order chi connectivity index (χ1) is 7.15. The fraction of sp³-hybridized carbons (Fsp3) is 0.333. The van der Waals surface area contributed by atoms with Crippen molar-refractivity contribution in [2.24, 2.45) is 0 Å². The molecule has 1 aliphatic rings. The van der Waals surface area contributed by atoms with Gasteiger partial charge in [-0.25, -0.2) is 4.79 Å². The summed E-state index contributed by atoms with van der Waals surface area (Å²) >= 11 is 1.42. The molecule has 1 aromatic rings. The summed E-state index contributed by atoms with van der Waals surface area (Å²) in [6, 6.07) is 0. The van der Waals surface area contributed by atoms with Gasteiger partial charge in [-0.3, -0.25) is 4.79 Å². The zero-order chi connectivity index (χ0) is 11.0. The number of hydrogen-bond acceptors (Lipinski definition) is 5. The van der Waals surface area contributed by atoms with Crippen LogP contribution in [0.2, 0.25) is 0 Å². The van der Waals surface area contributed by atoms with Crippen LogP contribution in [0.1, 0.15) is 16.1 Å². The first-order valence-electron chi connectivity index (χ1n) is 4.34. The maximum Gasteiger partial charge on any atom is 0.347 e. The van der Waals surface area contributed by atoms with Crippen LogP contribution in [0.3, 0.4) is 0 Å². The number of aromatic nitrogens is 1. The van der Waals surface area contributed by atoms with Crippen molar-refractivity contribution in [3.05, 3.63) is 21.6 Å². The van der Waals surface area contributed by atoms with Gasteiger partial charge in [0.15, 0.2) is 11.3 Å². The van der Waals surface area contributed by atoms with Crippen molar-refractivity contribution in [1.82, 2.24) is 4.98 Å². The number of aromatic hydroxyl groups is 1. The Labute approximate surface area is 89.5 Å². The lowest BCUT2D eigenvalue weighted by atomic mass is 10.2. The average molecular weight is 227 g/mol. The lowest BCUT2D eigenvalue weighted by Gasteiger charge is -2.05. The van der Waals surface area contributed by atoms with E-state index < -0.39 is 11.5 Å². The molecule has 0 bridgehead atoms. The number of aromatic amines is 1. The van der Waals surface area contributed by atoms with Gasteiger partial charge in [-0.1, -0.05) is 0 Å². The average Bonchev–Trinajstić information content (AvgIpc) is 2.65. The Bertz CT molecular complexity index is 480. The smallest absolute Gasteiger partial charge is 0.347 e. The predicted molar refractivity (Wildman–Crippen MR) is 54.5 cm³/mol. The van der Waals surface area contributed by atoms with E-state index in [1.54, 1.807) is 0 Å². The molecule has 5 nitrogen and oxygen atoms in total. The van der Waals surface area contributed by atoms with Crippen LogP contribution >= 0.6 is 11.8 Å². The number of carbonyl (C=O) groups excluding carboxylic acids is 1. The molecule has 0 aromatic carbocycles. The van der Waals surface area contributed by atoms with Gasteiger partial charge in [-0.2, -0.15) is 0 Å². The summed E-state index contributed by atoms with van der Waals surface area (Å²) < 4.78 is 4.43. The van der Waals surface area contributed by atoms with Crippen LogP contribution < -0.4 is 5.56 Å². The molecular weight excluding hydrogens is 218 g/mol. The molecule has 0 spiro atoms. The second-order valence-corrected chi connectivity index (χ2v) is 4.18. The maximum absolute atomic E-state index is 11.5. The van der Waals surface area contributed by atoms with Gasteiger partial charge in [0, 0.05) is 11.4 Å². The van der Waals surface area contributed by atoms with Crippen molar-refractivity contribution in [3.8, 4) is 5.75 Å². The van der Waals surface area contributed by atoms with E-state index in [1.165, 1.54) is 18.9 Å². The zero-order valence-corrected chi connectivity index (χ0v) is 8.81. The Balaban J connectivity index is 2.66. The van der Waals surface area contributed by atoms with E-state index in [9.17, 15) is 14.7 Å². The van der Waals surface area contributed by atoms with Gasteiger partial charge in [0.05, 0.1) is 12.0 Å². The fourth-order valence-electron chi connectivity index (χ4n) is 1.50. The predicted octanol–water partition coefficient (Wildman–Crippen LogP) is 0.515. The fourth-order valence-corrected chi connectivity index (χ4v) is 2.57. The number of thioether (sulfide) groups is 1. The number of pyridine rings is 1. The largest absolute Gasteiger partial charge is 0.506 e. The van der Waals surface area contributed by atoms with Crippen LogP contribution in [0.15, 0.2) is 9.69 Å². The quantitative estimate of drug-likeness (QED) is 0.683. The lowest BCUT2D eigenvalue weighted by molar-refractivity contribution is 0.0594. The third-order valence-electron chi connectivity index (χ3n) is 2.21. The number of rotatable bonds is 1. The highest BCUT2D eigenvalue weighted by Gasteiger charge is 2.25. The van der Waals surface area contributed by atoms with E-state index in [4.69, 9.17) is 0 Å². The SMILES string of the molecule is COC(=O)c1c(O)c2c([nH]c1=O)CCS2. The number of esters is 1. The van der Waals surface area contributed by atoms with Gasteiger partial charge in [0.25, 0.3) is 5.56 Å². The molecule has 0 unspecified atom stereocenters. The van der Waals surface area contributed by atoms with Crippen molar-refractivity contribution < 1.29 is 14.6 Å². The van der Waals surface area contributed by atoms with Crippen LogP contribution in [-0.4, -0.2) is 28.9 Å². The molecule has 2 N–H and O–H groups in total. The standard InChI is InChI=1S/C9H9NO4S/c1-14-9(13)5-6(11)7-4(2-3-15-7)10-8(5)12/h2-3H2,1H3,(H2,10,11,12). The van der Waals surface area contributed by atoms with E-state index in [0.717, 1.165) is 5.75 Å². The number of ether oxygens (including phenoxy) is 1. The summed E-state index contributed by atoms with van der Waals surface area (Å²) in [5.41, 5.74) is -0.221. The van der Waals surface area contributed by atoms with Crippen LogP contribution in [0.25, 0.3) is 0 Å². The molecule has 0 aliphatic carbocycles. The van der Waals surface area contributed by atoms with E-state index >= 15 is 0 Å². The molecule has 1 aliphatic heterocycles. The van der Waals surface area contributed by atoms with Crippen LogP contribution in [0.5, 0.6) is 5.75 Å². The third-order valence-corrected chi connectivity index (χ3v) is 3.34. The van der Waals surface area contributed by atoms with Crippen LogP contribution in [-0.2, 0) is 11.2 Å². The first-order valence-corrected chi connectivity index (χ1v) is 5.33. The van der Waals surface area contributed by atoms with Crippen molar-refractivity contribution in [2.75, 3.05) is 12.9 Å². The summed E-state index contributed by atoms with van der Waals surface area (Å²) in [4.78, 5) is 25.9. The van der Waals surface area contributed by atoms with Gasteiger partial charge in [0.1, 0.15) is 0 Å². The number of H-pyrrole nitrogens is 1. The normalized spacial score (nSPS) is 13.7. The minimum absolute atomic E-state index is 0.261. The Morgan fingerprint density at radius 2 is 2.33 bits per heavy atom. The van der Waals surface area contributed by atoms with E-state index in [2.05, 4.69) is 9.72 Å². The topological polar surface area (TPSA) is 79.4 Å². The highest BCUT2D eigenvalue weighted by atomic mass is 32.2. The molecule has 0 saturated heterocycles. The Kier molecular flexibility index (Phi) is 2.44. The minimum Gasteiger partial charge on any atom is -0.506 e. The monoisotopic (exact) mass is 227 g/mol. The van der Waals surface area contributed by atoms with Gasteiger partial charge < -0.3 is 14.8 Å². The highest BCUT2D eigenvalue weighted by molar-refractivity contribution is 7.99. The Morgan fingerprint density at radius 1 is 1.60 bits per heavy atom. The van der Waals surface area contributed by atoms with Gasteiger partial charge >= 0.3 is 5.97 Å². The second kappa shape index (κ2) is 3.62. The van der Waals surface area contributed by atoms with E-state index in [-0.39, 0.29) is 11.3 Å². The molecule has 0 atom stereocenters. The lowest BCUT2D eigenvalue weighted by Crippen LogP contribution is -2.20. The molecule has 0 fully saturated rings. The maximum atomic E-state index is 11.5. The number of carbonyl (C=O) groups is 1. The Hall–Kier alpha value is -1.43. The first kappa shape index (κ1) is 10.1. The summed E-state index contributed by atoms with van der Waals surface area (Å²) in [5.74, 6) is -0.282. The van der Waals surface area contributed by atoms with Gasteiger partial charge in [0.2, 0.25) is 0 Å². The molecule has 1 aromatic heterocycles. The molecule has 0 saturated carbocycles. The zero-order valence-electron chi connectivity index (χ0n) is 7.99. The number of hydrogen-bond donors (Lipinski definition) is 2. The molecule has 2 rings (SSSR count). The molecule has 80 valence electrons. The summed E-state index contributed by atoms with van der Waals surface area (Å²) in [5, 5.41) is 9.75. The highest BCUT2D eigenvalue weighted by Crippen LogP contribution is 2.37. The van der Waals surface area contributed by atoms with Gasteiger partial charge in [-0.15, -0.1) is 11.8 Å².